The minimum Gasteiger partial charge on any atom is -0.355 e. The van der Waals surface area contributed by atoms with Gasteiger partial charge in [-0.25, -0.2) is 0 Å². The first kappa shape index (κ1) is 18.2. The minimum atomic E-state index is -0.110. The minimum absolute atomic E-state index is 0.0747. The highest BCUT2D eigenvalue weighted by Crippen LogP contribution is 2.25. The third-order valence-electron chi connectivity index (χ3n) is 3.70. The fourth-order valence-corrected chi connectivity index (χ4v) is 2.44. The summed E-state index contributed by atoms with van der Waals surface area (Å²) in [7, 11) is 0. The number of benzene rings is 1. The summed E-state index contributed by atoms with van der Waals surface area (Å²) >= 11 is 0. The lowest BCUT2D eigenvalue weighted by atomic mass is 10.0. The van der Waals surface area contributed by atoms with Crippen LogP contribution >= 0.6 is 0 Å². The van der Waals surface area contributed by atoms with Crippen LogP contribution in [0.4, 0.5) is 5.69 Å². The van der Waals surface area contributed by atoms with Crippen molar-refractivity contribution < 1.29 is 9.59 Å². The first-order chi connectivity index (χ1) is 10.4. The largest absolute Gasteiger partial charge is 0.355 e. The van der Waals surface area contributed by atoms with Crippen molar-refractivity contribution in [1.82, 2.24) is 5.32 Å². The number of hydrogen-bond acceptors (Lipinski definition) is 2. The van der Waals surface area contributed by atoms with Crippen LogP contribution in [0.3, 0.4) is 0 Å². The molecule has 0 aliphatic heterocycles. The SMILES string of the molecule is CCc1cccc(C)c1N(CC(=O)NCCC(C)C)C(C)=O. The van der Waals surface area contributed by atoms with E-state index in [1.807, 2.05) is 25.1 Å². The van der Waals surface area contributed by atoms with Crippen LogP contribution in [0.5, 0.6) is 0 Å². The normalized spacial score (nSPS) is 10.6. The highest BCUT2D eigenvalue weighted by molar-refractivity contribution is 5.98. The molecule has 0 saturated heterocycles. The summed E-state index contributed by atoms with van der Waals surface area (Å²) in [6.07, 6.45) is 1.77. The van der Waals surface area contributed by atoms with Crippen LogP contribution < -0.4 is 10.2 Å². The van der Waals surface area contributed by atoms with Gasteiger partial charge in [-0.3, -0.25) is 9.59 Å². The Kier molecular flexibility index (Phi) is 7.09. The van der Waals surface area contributed by atoms with Crippen LogP contribution in [-0.4, -0.2) is 24.9 Å². The molecule has 0 radical (unpaired) electrons. The Balaban J connectivity index is 2.87. The van der Waals surface area contributed by atoms with E-state index in [1.54, 1.807) is 4.90 Å². The molecule has 2 amide bonds. The molecule has 0 atom stereocenters. The van der Waals surface area contributed by atoms with Gasteiger partial charge in [-0.2, -0.15) is 0 Å². The quantitative estimate of drug-likeness (QED) is 0.841. The molecule has 1 aromatic carbocycles. The maximum absolute atomic E-state index is 12.1. The molecule has 4 nitrogen and oxygen atoms in total. The summed E-state index contributed by atoms with van der Waals surface area (Å²) < 4.78 is 0. The molecule has 22 heavy (non-hydrogen) atoms. The van der Waals surface area contributed by atoms with E-state index in [0.717, 1.165) is 29.7 Å². The van der Waals surface area contributed by atoms with Crippen molar-refractivity contribution in [3.63, 3.8) is 0 Å². The van der Waals surface area contributed by atoms with Crippen molar-refractivity contribution in [2.75, 3.05) is 18.0 Å². The topological polar surface area (TPSA) is 49.4 Å². The molecule has 1 aromatic rings. The highest BCUT2D eigenvalue weighted by Gasteiger charge is 2.19. The molecule has 4 heteroatoms. The van der Waals surface area contributed by atoms with Gasteiger partial charge >= 0.3 is 0 Å². The van der Waals surface area contributed by atoms with Crippen LogP contribution in [-0.2, 0) is 16.0 Å². The Labute approximate surface area is 133 Å². The number of carbonyl (C=O) groups excluding carboxylic acids is 2. The zero-order valence-corrected chi connectivity index (χ0v) is 14.4. The molecular weight excluding hydrogens is 276 g/mol. The Morgan fingerprint density at radius 3 is 2.50 bits per heavy atom. The Morgan fingerprint density at radius 2 is 1.95 bits per heavy atom. The first-order valence-corrected chi connectivity index (χ1v) is 8.00. The van der Waals surface area contributed by atoms with Gasteiger partial charge in [0.25, 0.3) is 0 Å². The lowest BCUT2D eigenvalue weighted by Crippen LogP contribution is -2.41. The molecule has 0 spiro atoms. The van der Waals surface area contributed by atoms with E-state index in [1.165, 1.54) is 6.92 Å². The third-order valence-corrected chi connectivity index (χ3v) is 3.70. The molecule has 0 aliphatic rings. The Morgan fingerprint density at radius 1 is 1.27 bits per heavy atom. The van der Waals surface area contributed by atoms with Gasteiger partial charge in [-0.05, 0) is 36.8 Å². The standard InChI is InChI=1S/C18H28N2O2/c1-6-16-9-7-8-14(4)18(16)20(15(5)21)12-17(22)19-11-10-13(2)3/h7-9,13H,6,10-12H2,1-5H3,(H,19,22). The van der Waals surface area contributed by atoms with Crippen molar-refractivity contribution in [3.8, 4) is 0 Å². The zero-order valence-electron chi connectivity index (χ0n) is 14.4. The van der Waals surface area contributed by atoms with Crippen LogP contribution in [0.2, 0.25) is 0 Å². The predicted octanol–water partition coefficient (Wildman–Crippen LogP) is 3.07. The van der Waals surface area contributed by atoms with Gasteiger partial charge in [0.1, 0.15) is 6.54 Å². The number of carbonyl (C=O) groups is 2. The van der Waals surface area contributed by atoms with E-state index in [2.05, 4.69) is 26.1 Å². The molecule has 0 fully saturated rings. The predicted molar refractivity (Wildman–Crippen MR) is 91.0 cm³/mol. The van der Waals surface area contributed by atoms with Gasteiger partial charge in [0, 0.05) is 13.5 Å². The van der Waals surface area contributed by atoms with Gasteiger partial charge in [0.15, 0.2) is 0 Å². The summed E-state index contributed by atoms with van der Waals surface area (Å²) in [5, 5.41) is 2.89. The van der Waals surface area contributed by atoms with Crippen LogP contribution in [0, 0.1) is 12.8 Å². The lowest BCUT2D eigenvalue weighted by Gasteiger charge is -2.25. The number of para-hydroxylation sites is 1. The average molecular weight is 304 g/mol. The van der Waals surface area contributed by atoms with Gasteiger partial charge in [0.2, 0.25) is 11.8 Å². The van der Waals surface area contributed by atoms with E-state index >= 15 is 0 Å². The third kappa shape index (κ3) is 5.17. The van der Waals surface area contributed by atoms with Crippen molar-refractivity contribution in [3.05, 3.63) is 29.3 Å². The summed E-state index contributed by atoms with van der Waals surface area (Å²) in [6.45, 7) is 10.5. The van der Waals surface area contributed by atoms with Gasteiger partial charge < -0.3 is 10.2 Å². The van der Waals surface area contributed by atoms with Crippen LogP contribution in [0.1, 0.15) is 45.2 Å². The lowest BCUT2D eigenvalue weighted by molar-refractivity contribution is -0.123. The van der Waals surface area contributed by atoms with Crippen molar-refractivity contribution in [2.24, 2.45) is 5.92 Å². The zero-order chi connectivity index (χ0) is 16.7. The Bertz CT molecular complexity index is 524. The van der Waals surface area contributed by atoms with E-state index in [0.29, 0.717) is 12.5 Å². The second-order valence-corrected chi connectivity index (χ2v) is 6.07. The van der Waals surface area contributed by atoms with Crippen molar-refractivity contribution in [1.29, 1.82) is 0 Å². The molecule has 0 heterocycles. The van der Waals surface area contributed by atoms with E-state index in [-0.39, 0.29) is 18.4 Å². The molecule has 1 rings (SSSR count). The van der Waals surface area contributed by atoms with Gasteiger partial charge in [-0.15, -0.1) is 0 Å². The number of aryl methyl sites for hydroxylation is 2. The monoisotopic (exact) mass is 304 g/mol. The van der Waals surface area contributed by atoms with E-state index < -0.39 is 0 Å². The molecule has 0 aliphatic carbocycles. The van der Waals surface area contributed by atoms with Crippen molar-refractivity contribution >= 4 is 17.5 Å². The fraction of sp³-hybridized carbons (Fsp3) is 0.556. The molecule has 0 unspecified atom stereocenters. The molecule has 0 bridgehead atoms. The Hall–Kier alpha value is -1.84. The molecular formula is C18H28N2O2. The van der Waals surface area contributed by atoms with Gasteiger partial charge in [0.05, 0.1) is 5.69 Å². The first-order valence-electron chi connectivity index (χ1n) is 8.00. The number of anilines is 1. The summed E-state index contributed by atoms with van der Waals surface area (Å²) in [6, 6.07) is 5.97. The maximum atomic E-state index is 12.1. The summed E-state index contributed by atoms with van der Waals surface area (Å²) in [4.78, 5) is 25.7. The number of nitrogens with one attached hydrogen (secondary N) is 1. The second-order valence-electron chi connectivity index (χ2n) is 6.07. The van der Waals surface area contributed by atoms with E-state index in [9.17, 15) is 9.59 Å². The molecule has 0 aromatic heterocycles. The summed E-state index contributed by atoms with van der Waals surface area (Å²) in [5.41, 5.74) is 2.98. The average Bonchev–Trinajstić information content (AvgIpc) is 2.44. The second kappa shape index (κ2) is 8.57. The maximum Gasteiger partial charge on any atom is 0.240 e. The van der Waals surface area contributed by atoms with Gasteiger partial charge in [-0.1, -0.05) is 39.0 Å². The summed E-state index contributed by atoms with van der Waals surface area (Å²) in [5.74, 6) is 0.330. The number of nitrogens with zero attached hydrogens (tertiary/aromatic N) is 1. The highest BCUT2D eigenvalue weighted by atomic mass is 16.2. The molecule has 0 saturated carbocycles. The van der Waals surface area contributed by atoms with Crippen LogP contribution in [0.15, 0.2) is 18.2 Å². The van der Waals surface area contributed by atoms with E-state index in [4.69, 9.17) is 0 Å². The fourth-order valence-electron chi connectivity index (χ4n) is 2.44. The number of rotatable bonds is 7. The number of hydrogen-bond donors (Lipinski definition) is 1. The molecule has 122 valence electrons. The van der Waals surface area contributed by atoms with Crippen LogP contribution in [0.25, 0.3) is 0 Å². The van der Waals surface area contributed by atoms with Crippen molar-refractivity contribution in [2.45, 2.75) is 47.5 Å². The number of amides is 2. The smallest absolute Gasteiger partial charge is 0.240 e. The molecule has 1 N–H and O–H groups in total.